The van der Waals surface area contributed by atoms with E-state index in [4.69, 9.17) is 0 Å². The van der Waals surface area contributed by atoms with Crippen LogP contribution in [0, 0.1) is 0 Å². The fraction of sp³-hybridized carbons (Fsp3) is 0.133. The molecule has 2 aromatic rings. The third-order valence-corrected chi connectivity index (χ3v) is 2.97. The van der Waals surface area contributed by atoms with Crippen LogP contribution in [-0.4, -0.2) is 33.6 Å². The molecule has 1 heterocycles. The first-order chi connectivity index (χ1) is 10.1. The Kier molecular flexibility index (Phi) is 4.50. The first kappa shape index (κ1) is 14.5. The minimum absolute atomic E-state index is 0.0891. The van der Waals surface area contributed by atoms with E-state index in [9.17, 15) is 19.8 Å². The molecule has 6 nitrogen and oxygen atoms in total. The van der Waals surface area contributed by atoms with Crippen molar-refractivity contribution in [2.75, 3.05) is 6.54 Å². The molecular weight excluding hydrogens is 272 g/mol. The molecule has 0 fully saturated rings. The molecule has 0 saturated heterocycles. The highest BCUT2D eigenvalue weighted by Gasteiger charge is 2.21. The van der Waals surface area contributed by atoms with Crippen LogP contribution in [0.3, 0.4) is 0 Å². The molecule has 0 aliphatic carbocycles. The minimum Gasteiger partial charge on any atom is -0.505 e. The Labute approximate surface area is 121 Å². The Balaban J connectivity index is 2.08. The maximum Gasteiger partial charge on any atom is 0.312 e. The highest BCUT2D eigenvalue weighted by Crippen LogP contribution is 2.16. The third-order valence-electron chi connectivity index (χ3n) is 2.97. The van der Waals surface area contributed by atoms with Crippen LogP contribution in [0.25, 0.3) is 0 Å². The van der Waals surface area contributed by atoms with Crippen molar-refractivity contribution in [3.63, 3.8) is 0 Å². The number of rotatable bonds is 5. The van der Waals surface area contributed by atoms with Gasteiger partial charge in [0.1, 0.15) is 5.75 Å². The van der Waals surface area contributed by atoms with Crippen LogP contribution >= 0.6 is 0 Å². The average Bonchev–Trinajstić information content (AvgIpc) is 2.48. The zero-order valence-corrected chi connectivity index (χ0v) is 11.1. The highest BCUT2D eigenvalue weighted by atomic mass is 16.4. The van der Waals surface area contributed by atoms with E-state index in [0.717, 1.165) is 0 Å². The number of carboxylic acids is 1. The largest absolute Gasteiger partial charge is 0.505 e. The minimum atomic E-state index is -1.04. The molecule has 108 valence electrons. The van der Waals surface area contributed by atoms with Crippen LogP contribution < -0.4 is 5.32 Å². The number of aromatic nitrogens is 1. The average molecular weight is 286 g/mol. The summed E-state index contributed by atoms with van der Waals surface area (Å²) < 4.78 is 0. The summed E-state index contributed by atoms with van der Waals surface area (Å²) in [5.41, 5.74) is 0.463. The predicted octanol–water partition coefficient (Wildman–Crippen LogP) is 1.39. The second-order valence-corrected chi connectivity index (χ2v) is 4.38. The molecule has 3 N–H and O–H groups in total. The zero-order valence-electron chi connectivity index (χ0n) is 11.1. The number of nitrogens with zero attached hydrogens (tertiary/aromatic N) is 1. The molecular formula is C15H14N2O4. The molecule has 0 radical (unpaired) electrons. The van der Waals surface area contributed by atoms with Gasteiger partial charge in [-0.05, 0) is 17.7 Å². The SMILES string of the molecule is O=C(NCC(C(=O)O)c1ccccc1)c1ncccc1O. The summed E-state index contributed by atoms with van der Waals surface area (Å²) in [6, 6.07) is 11.5. The van der Waals surface area contributed by atoms with Gasteiger partial charge in [0, 0.05) is 12.7 Å². The number of hydrogen-bond acceptors (Lipinski definition) is 4. The van der Waals surface area contributed by atoms with Gasteiger partial charge in [0.05, 0.1) is 5.92 Å². The number of carbonyl (C=O) groups excluding carboxylic acids is 1. The Morgan fingerprint density at radius 2 is 1.86 bits per heavy atom. The van der Waals surface area contributed by atoms with Crippen molar-refractivity contribution in [2.45, 2.75) is 5.92 Å². The topological polar surface area (TPSA) is 99.5 Å². The summed E-state index contributed by atoms with van der Waals surface area (Å²) >= 11 is 0. The van der Waals surface area contributed by atoms with Gasteiger partial charge in [-0.2, -0.15) is 0 Å². The third kappa shape index (κ3) is 3.56. The van der Waals surface area contributed by atoms with Crippen LogP contribution in [-0.2, 0) is 4.79 Å². The number of benzene rings is 1. The molecule has 2 rings (SSSR count). The van der Waals surface area contributed by atoms with E-state index in [1.807, 2.05) is 0 Å². The predicted molar refractivity (Wildman–Crippen MR) is 75.1 cm³/mol. The number of aromatic hydroxyl groups is 1. The van der Waals surface area contributed by atoms with Gasteiger partial charge in [0.15, 0.2) is 5.69 Å². The summed E-state index contributed by atoms with van der Waals surface area (Å²) in [6.45, 7) is -0.0891. The smallest absolute Gasteiger partial charge is 0.312 e. The van der Waals surface area contributed by atoms with Gasteiger partial charge in [-0.3, -0.25) is 9.59 Å². The molecule has 1 unspecified atom stereocenters. The fourth-order valence-electron chi connectivity index (χ4n) is 1.88. The van der Waals surface area contributed by atoms with E-state index in [-0.39, 0.29) is 18.0 Å². The first-order valence-electron chi connectivity index (χ1n) is 6.29. The second kappa shape index (κ2) is 6.51. The lowest BCUT2D eigenvalue weighted by atomic mass is 9.99. The maximum absolute atomic E-state index is 11.9. The summed E-state index contributed by atoms with van der Waals surface area (Å²) in [7, 11) is 0. The molecule has 1 aromatic heterocycles. The van der Waals surface area contributed by atoms with Crippen LogP contribution in [0.2, 0.25) is 0 Å². The molecule has 6 heteroatoms. The van der Waals surface area contributed by atoms with Gasteiger partial charge in [-0.1, -0.05) is 30.3 Å². The van der Waals surface area contributed by atoms with Gasteiger partial charge >= 0.3 is 5.97 Å². The van der Waals surface area contributed by atoms with Gasteiger partial charge in [0.25, 0.3) is 5.91 Å². The summed E-state index contributed by atoms with van der Waals surface area (Å²) in [5, 5.41) is 21.3. The van der Waals surface area contributed by atoms with Crippen molar-refractivity contribution < 1.29 is 19.8 Å². The van der Waals surface area contributed by atoms with Gasteiger partial charge in [0.2, 0.25) is 0 Å². The van der Waals surface area contributed by atoms with Crippen LogP contribution in [0.5, 0.6) is 5.75 Å². The first-order valence-corrected chi connectivity index (χ1v) is 6.29. The molecule has 21 heavy (non-hydrogen) atoms. The van der Waals surface area contributed by atoms with E-state index < -0.39 is 17.8 Å². The van der Waals surface area contributed by atoms with Gasteiger partial charge in [-0.25, -0.2) is 4.98 Å². The number of pyridine rings is 1. The van der Waals surface area contributed by atoms with E-state index >= 15 is 0 Å². The van der Waals surface area contributed by atoms with E-state index in [2.05, 4.69) is 10.3 Å². The number of hydrogen-bond donors (Lipinski definition) is 3. The molecule has 0 saturated carbocycles. The van der Waals surface area contributed by atoms with Crippen molar-refractivity contribution in [3.05, 3.63) is 59.9 Å². The van der Waals surface area contributed by atoms with Crippen molar-refractivity contribution in [3.8, 4) is 5.75 Å². The number of carboxylic acid groups (broad SMARTS) is 1. The lowest BCUT2D eigenvalue weighted by Crippen LogP contribution is -2.32. The Hall–Kier alpha value is -2.89. The van der Waals surface area contributed by atoms with Crippen LogP contribution in [0.15, 0.2) is 48.7 Å². The van der Waals surface area contributed by atoms with Crippen molar-refractivity contribution in [2.24, 2.45) is 0 Å². The quantitative estimate of drug-likeness (QED) is 0.771. The lowest BCUT2D eigenvalue weighted by Gasteiger charge is -2.13. The van der Waals surface area contributed by atoms with Gasteiger partial charge in [-0.15, -0.1) is 0 Å². The maximum atomic E-state index is 11.9. The summed E-state index contributed by atoms with van der Waals surface area (Å²) in [5.74, 6) is -2.76. The molecule has 1 amide bonds. The number of nitrogens with one attached hydrogen (secondary N) is 1. The van der Waals surface area contributed by atoms with Gasteiger partial charge < -0.3 is 15.5 Å². The molecule has 1 aromatic carbocycles. The number of amides is 1. The Morgan fingerprint density at radius 1 is 1.14 bits per heavy atom. The number of aliphatic carboxylic acids is 1. The highest BCUT2D eigenvalue weighted by molar-refractivity contribution is 5.95. The molecule has 1 atom stereocenters. The van der Waals surface area contributed by atoms with Crippen LogP contribution in [0.1, 0.15) is 22.0 Å². The normalized spacial score (nSPS) is 11.6. The Bertz CT molecular complexity index is 643. The molecule has 0 aliphatic rings. The summed E-state index contributed by atoms with van der Waals surface area (Å²) in [4.78, 5) is 27.0. The second-order valence-electron chi connectivity index (χ2n) is 4.38. The van der Waals surface area contributed by atoms with Crippen molar-refractivity contribution >= 4 is 11.9 Å². The molecule has 0 aliphatic heterocycles. The monoisotopic (exact) mass is 286 g/mol. The lowest BCUT2D eigenvalue weighted by molar-refractivity contribution is -0.138. The molecule has 0 bridgehead atoms. The fourth-order valence-corrected chi connectivity index (χ4v) is 1.88. The molecule has 0 spiro atoms. The zero-order chi connectivity index (χ0) is 15.2. The van der Waals surface area contributed by atoms with E-state index in [1.165, 1.54) is 18.3 Å². The van der Waals surface area contributed by atoms with E-state index in [1.54, 1.807) is 30.3 Å². The van der Waals surface area contributed by atoms with Crippen molar-refractivity contribution in [1.29, 1.82) is 0 Å². The van der Waals surface area contributed by atoms with Crippen LogP contribution in [0.4, 0.5) is 0 Å². The standard InChI is InChI=1S/C15H14N2O4/c18-12-7-4-8-16-13(12)14(19)17-9-11(15(20)21)10-5-2-1-3-6-10/h1-8,11,18H,9H2,(H,17,19)(H,20,21). The summed E-state index contributed by atoms with van der Waals surface area (Å²) in [6.07, 6.45) is 1.38. The van der Waals surface area contributed by atoms with Crippen molar-refractivity contribution in [1.82, 2.24) is 10.3 Å². The number of carbonyl (C=O) groups is 2. The Morgan fingerprint density at radius 3 is 2.48 bits per heavy atom. The van der Waals surface area contributed by atoms with E-state index in [0.29, 0.717) is 5.56 Å².